The van der Waals surface area contributed by atoms with Crippen LogP contribution in [0.1, 0.15) is 68.3 Å². The van der Waals surface area contributed by atoms with Crippen LogP contribution >= 0.6 is 0 Å². The first-order valence-corrected chi connectivity index (χ1v) is 11.7. The summed E-state index contributed by atoms with van der Waals surface area (Å²) in [5, 5.41) is 3.64. The molecule has 2 unspecified atom stereocenters. The molecule has 0 spiro atoms. The predicted molar refractivity (Wildman–Crippen MR) is 124 cm³/mol. The molecule has 5 nitrogen and oxygen atoms in total. The number of fused-ring (bicyclic) bond motifs is 1. The zero-order chi connectivity index (χ0) is 21.7. The number of hydrogen-bond acceptors (Lipinski definition) is 4. The van der Waals surface area contributed by atoms with Gasteiger partial charge in [0.25, 0.3) is 5.91 Å². The summed E-state index contributed by atoms with van der Waals surface area (Å²) in [5.74, 6) is 0.917. The van der Waals surface area contributed by atoms with Crippen LogP contribution in [0.4, 0.5) is 5.69 Å². The summed E-state index contributed by atoms with van der Waals surface area (Å²) in [4.78, 5) is 15.4. The monoisotopic (exact) mass is 422 g/mol. The van der Waals surface area contributed by atoms with Gasteiger partial charge in [0, 0.05) is 18.8 Å². The van der Waals surface area contributed by atoms with E-state index in [0.29, 0.717) is 12.1 Å². The van der Waals surface area contributed by atoms with E-state index in [2.05, 4.69) is 31.3 Å². The van der Waals surface area contributed by atoms with E-state index in [-0.39, 0.29) is 12.0 Å². The van der Waals surface area contributed by atoms with Crippen molar-refractivity contribution in [1.29, 1.82) is 0 Å². The van der Waals surface area contributed by atoms with Crippen molar-refractivity contribution in [3.8, 4) is 5.75 Å². The molecule has 5 heteroatoms. The van der Waals surface area contributed by atoms with E-state index in [1.165, 1.54) is 19.3 Å². The van der Waals surface area contributed by atoms with Gasteiger partial charge in [-0.3, -0.25) is 4.79 Å². The lowest BCUT2D eigenvalue weighted by Gasteiger charge is -2.47. The van der Waals surface area contributed by atoms with E-state index in [1.807, 2.05) is 41.3 Å². The van der Waals surface area contributed by atoms with E-state index < -0.39 is 5.66 Å². The molecule has 31 heavy (non-hydrogen) atoms. The Bertz CT molecular complexity index is 876. The molecule has 2 aromatic rings. The molecule has 1 N–H and O–H groups in total. The number of benzene rings is 2. The molecule has 1 saturated heterocycles. The maximum absolute atomic E-state index is 13.5. The first-order chi connectivity index (χ1) is 15.1. The highest BCUT2D eigenvalue weighted by molar-refractivity contribution is 6.02. The molecule has 2 atom stereocenters. The van der Waals surface area contributed by atoms with Crippen molar-refractivity contribution >= 4 is 11.6 Å². The second kappa shape index (κ2) is 9.73. The number of ether oxygens (including phenoxy) is 2. The molecular formula is C26H34N2O3. The highest BCUT2D eigenvalue weighted by Gasteiger charge is 2.43. The number of amides is 1. The lowest BCUT2D eigenvalue weighted by molar-refractivity contribution is 0.0242. The molecule has 166 valence electrons. The second-order valence-corrected chi connectivity index (χ2v) is 8.73. The number of nitrogens with zero attached hydrogens (tertiary/aromatic N) is 1. The smallest absolute Gasteiger partial charge is 0.258 e. The van der Waals surface area contributed by atoms with E-state index in [0.717, 1.165) is 49.5 Å². The highest BCUT2D eigenvalue weighted by Crippen LogP contribution is 2.39. The van der Waals surface area contributed by atoms with E-state index in [4.69, 9.17) is 9.47 Å². The summed E-state index contributed by atoms with van der Waals surface area (Å²) in [6.07, 6.45) is 6.89. The Hall–Kier alpha value is -2.53. The van der Waals surface area contributed by atoms with Crippen LogP contribution in [-0.2, 0) is 10.4 Å². The molecule has 4 rings (SSSR count). The minimum Gasteiger partial charge on any atom is -0.494 e. The van der Waals surface area contributed by atoms with Gasteiger partial charge in [-0.2, -0.15) is 0 Å². The fourth-order valence-corrected chi connectivity index (χ4v) is 4.54. The van der Waals surface area contributed by atoms with Gasteiger partial charge in [0.2, 0.25) is 0 Å². The number of para-hydroxylation sites is 1. The first kappa shape index (κ1) is 21.7. The van der Waals surface area contributed by atoms with Crippen LogP contribution in [0.15, 0.2) is 48.5 Å². The molecule has 2 heterocycles. The number of carbonyl (C=O) groups is 1. The third kappa shape index (κ3) is 4.72. The van der Waals surface area contributed by atoms with Gasteiger partial charge >= 0.3 is 0 Å². The van der Waals surface area contributed by atoms with Gasteiger partial charge in [-0.15, -0.1) is 0 Å². The standard InChI is InChI=1S/C26H34N2O3/c1-3-4-5-8-17-30-21-15-13-20(14-16-21)26(2)27-24-12-7-6-11-23(24)25(29)28(26)19-22-10-9-18-31-22/h6-7,11-16,22,27H,3-5,8-10,17-19H2,1-2H3. The normalized spacial score (nSPS) is 22.8. The molecule has 1 fully saturated rings. The molecular weight excluding hydrogens is 388 g/mol. The number of hydrogen-bond donors (Lipinski definition) is 1. The van der Waals surface area contributed by atoms with Gasteiger partial charge < -0.3 is 19.7 Å². The van der Waals surface area contributed by atoms with E-state index in [9.17, 15) is 4.79 Å². The van der Waals surface area contributed by atoms with Crippen LogP contribution in [0.5, 0.6) is 5.75 Å². The van der Waals surface area contributed by atoms with Crippen LogP contribution in [0.2, 0.25) is 0 Å². The Balaban J connectivity index is 1.55. The fraction of sp³-hybridized carbons (Fsp3) is 0.500. The maximum Gasteiger partial charge on any atom is 0.258 e. The average Bonchev–Trinajstić information content (AvgIpc) is 3.30. The third-order valence-corrected chi connectivity index (χ3v) is 6.41. The van der Waals surface area contributed by atoms with Crippen LogP contribution in [0.25, 0.3) is 0 Å². The fourth-order valence-electron chi connectivity index (χ4n) is 4.54. The van der Waals surface area contributed by atoms with Gasteiger partial charge in [-0.05, 0) is 56.0 Å². The van der Waals surface area contributed by atoms with Crippen molar-refractivity contribution in [2.45, 2.75) is 64.1 Å². The van der Waals surface area contributed by atoms with Crippen molar-refractivity contribution in [2.24, 2.45) is 0 Å². The summed E-state index contributed by atoms with van der Waals surface area (Å²) in [7, 11) is 0. The molecule has 1 amide bonds. The Kier molecular flexibility index (Phi) is 6.81. The largest absolute Gasteiger partial charge is 0.494 e. The Morgan fingerprint density at radius 2 is 1.94 bits per heavy atom. The summed E-state index contributed by atoms with van der Waals surface area (Å²) in [5.41, 5.74) is 1.96. The first-order valence-electron chi connectivity index (χ1n) is 11.7. The van der Waals surface area contributed by atoms with Crippen LogP contribution in [0, 0.1) is 0 Å². The number of anilines is 1. The minimum absolute atomic E-state index is 0.0450. The summed E-state index contributed by atoms with van der Waals surface area (Å²) in [6.45, 7) is 6.39. The second-order valence-electron chi connectivity index (χ2n) is 8.73. The van der Waals surface area contributed by atoms with Gasteiger partial charge in [-0.1, -0.05) is 50.5 Å². The zero-order valence-corrected chi connectivity index (χ0v) is 18.7. The molecule has 0 aromatic heterocycles. The molecule has 0 bridgehead atoms. The number of rotatable bonds is 9. The van der Waals surface area contributed by atoms with Gasteiger partial charge in [-0.25, -0.2) is 0 Å². The Labute approximate surface area is 185 Å². The van der Waals surface area contributed by atoms with Gasteiger partial charge in [0.1, 0.15) is 11.4 Å². The lowest BCUT2D eigenvalue weighted by Crippen LogP contribution is -2.57. The molecule has 0 aliphatic carbocycles. The number of unbranched alkanes of at least 4 members (excludes halogenated alkanes) is 3. The topological polar surface area (TPSA) is 50.8 Å². The molecule has 2 aromatic carbocycles. The summed E-state index contributed by atoms with van der Waals surface area (Å²) < 4.78 is 11.8. The average molecular weight is 423 g/mol. The van der Waals surface area contributed by atoms with Crippen molar-refractivity contribution in [3.05, 3.63) is 59.7 Å². The Morgan fingerprint density at radius 3 is 2.68 bits per heavy atom. The van der Waals surface area contributed by atoms with Crippen LogP contribution < -0.4 is 10.1 Å². The van der Waals surface area contributed by atoms with E-state index >= 15 is 0 Å². The van der Waals surface area contributed by atoms with Crippen LogP contribution in [0.3, 0.4) is 0 Å². The minimum atomic E-state index is -0.656. The molecule has 2 aliphatic heterocycles. The van der Waals surface area contributed by atoms with Crippen molar-refractivity contribution in [3.63, 3.8) is 0 Å². The zero-order valence-electron chi connectivity index (χ0n) is 18.7. The predicted octanol–water partition coefficient (Wildman–Crippen LogP) is 5.57. The van der Waals surface area contributed by atoms with Crippen molar-refractivity contribution in [2.75, 3.05) is 25.1 Å². The SMILES string of the molecule is CCCCCCOc1ccc(C2(C)Nc3ccccc3C(=O)N2CC2CCCO2)cc1. The lowest BCUT2D eigenvalue weighted by atomic mass is 9.93. The third-order valence-electron chi connectivity index (χ3n) is 6.41. The summed E-state index contributed by atoms with van der Waals surface area (Å²) >= 11 is 0. The number of carbonyl (C=O) groups excluding carboxylic acids is 1. The maximum atomic E-state index is 13.5. The van der Waals surface area contributed by atoms with Crippen molar-refractivity contribution in [1.82, 2.24) is 4.90 Å². The Morgan fingerprint density at radius 1 is 1.13 bits per heavy atom. The number of nitrogens with one attached hydrogen (secondary N) is 1. The summed E-state index contributed by atoms with van der Waals surface area (Å²) in [6, 6.07) is 15.9. The molecule has 0 radical (unpaired) electrons. The van der Waals surface area contributed by atoms with Crippen LogP contribution in [-0.4, -0.2) is 36.7 Å². The quantitative estimate of drug-likeness (QED) is 0.537. The highest BCUT2D eigenvalue weighted by atomic mass is 16.5. The van der Waals surface area contributed by atoms with Crippen molar-refractivity contribution < 1.29 is 14.3 Å². The van der Waals surface area contributed by atoms with Gasteiger partial charge in [0.15, 0.2) is 0 Å². The molecule has 0 saturated carbocycles. The van der Waals surface area contributed by atoms with Gasteiger partial charge in [0.05, 0.1) is 18.3 Å². The van der Waals surface area contributed by atoms with E-state index in [1.54, 1.807) is 0 Å². The molecule has 2 aliphatic rings.